The van der Waals surface area contributed by atoms with Crippen LogP contribution >= 0.6 is 0 Å². The number of aliphatic imine (C=N–C) groups is 1. The zero-order chi connectivity index (χ0) is 12.1. The second-order valence-corrected chi connectivity index (χ2v) is 3.64. The summed E-state index contributed by atoms with van der Waals surface area (Å²) in [5.74, 6) is 0.209. The molecule has 0 fully saturated rings. The molecule has 17 heavy (non-hydrogen) atoms. The van der Waals surface area contributed by atoms with E-state index in [-0.39, 0.29) is 5.84 Å². The molecule has 0 radical (unpaired) electrons. The van der Waals surface area contributed by atoms with Crippen LogP contribution in [0.5, 0.6) is 0 Å². The Morgan fingerprint density at radius 2 is 1.82 bits per heavy atom. The highest BCUT2D eigenvalue weighted by Crippen LogP contribution is 2.07. The third-order valence-electron chi connectivity index (χ3n) is 2.30. The minimum Gasteiger partial charge on any atom is -0.399 e. The van der Waals surface area contributed by atoms with Gasteiger partial charge in [0.15, 0.2) is 5.84 Å². The van der Waals surface area contributed by atoms with Crippen LogP contribution in [0.3, 0.4) is 0 Å². The molecule has 3 nitrogen and oxygen atoms in total. The van der Waals surface area contributed by atoms with Crippen molar-refractivity contribution in [1.29, 1.82) is 5.41 Å². The molecule has 0 saturated carbocycles. The maximum atomic E-state index is 7.82. The summed E-state index contributed by atoms with van der Waals surface area (Å²) in [6.45, 7) is 0. The lowest BCUT2D eigenvalue weighted by molar-refractivity contribution is 1.42. The summed E-state index contributed by atoms with van der Waals surface area (Å²) in [4.78, 5) is 4.11. The largest absolute Gasteiger partial charge is 0.399 e. The van der Waals surface area contributed by atoms with Crippen LogP contribution in [0, 0.1) is 5.41 Å². The fourth-order valence-electron chi connectivity index (χ4n) is 1.44. The summed E-state index contributed by atoms with van der Waals surface area (Å²) in [6.07, 6.45) is 1.67. The van der Waals surface area contributed by atoms with E-state index in [0.717, 1.165) is 11.1 Å². The number of nitrogen functional groups attached to an aromatic ring is 1. The van der Waals surface area contributed by atoms with Crippen molar-refractivity contribution in [3.05, 3.63) is 65.7 Å². The normalized spacial score (nSPS) is 10.6. The number of nitrogens with one attached hydrogen (secondary N) is 1. The van der Waals surface area contributed by atoms with Gasteiger partial charge in [0.25, 0.3) is 0 Å². The minimum absolute atomic E-state index is 0.209. The molecule has 0 aliphatic carbocycles. The van der Waals surface area contributed by atoms with Crippen molar-refractivity contribution in [1.82, 2.24) is 0 Å². The fraction of sp³-hybridized carbons (Fsp3) is 0. The summed E-state index contributed by atoms with van der Waals surface area (Å²) in [6, 6.07) is 16.9. The van der Waals surface area contributed by atoms with Gasteiger partial charge in [0, 0.05) is 17.5 Å². The molecule has 0 spiro atoms. The Morgan fingerprint density at radius 3 is 2.53 bits per heavy atom. The van der Waals surface area contributed by atoms with Crippen LogP contribution in [0.15, 0.2) is 59.6 Å². The highest BCUT2D eigenvalue weighted by atomic mass is 14.8. The first-order chi connectivity index (χ1) is 8.25. The van der Waals surface area contributed by atoms with Gasteiger partial charge in [-0.15, -0.1) is 0 Å². The lowest BCUT2D eigenvalue weighted by atomic mass is 10.2. The molecule has 3 N–H and O–H groups in total. The minimum atomic E-state index is 0.209. The van der Waals surface area contributed by atoms with Gasteiger partial charge in [-0.2, -0.15) is 0 Å². The van der Waals surface area contributed by atoms with E-state index in [1.54, 1.807) is 18.3 Å². The number of amidine groups is 1. The van der Waals surface area contributed by atoms with Crippen LogP contribution in [-0.2, 0) is 0 Å². The Balaban J connectivity index is 2.15. The second-order valence-electron chi connectivity index (χ2n) is 3.64. The van der Waals surface area contributed by atoms with Crippen molar-refractivity contribution in [2.45, 2.75) is 0 Å². The van der Waals surface area contributed by atoms with Gasteiger partial charge in [-0.25, -0.2) is 4.99 Å². The zero-order valence-corrected chi connectivity index (χ0v) is 9.30. The van der Waals surface area contributed by atoms with E-state index >= 15 is 0 Å². The Morgan fingerprint density at radius 1 is 1.06 bits per heavy atom. The molecule has 0 bridgehead atoms. The molecule has 0 aliphatic heterocycles. The van der Waals surface area contributed by atoms with E-state index in [1.807, 2.05) is 42.5 Å². The predicted molar refractivity (Wildman–Crippen MR) is 71.7 cm³/mol. The van der Waals surface area contributed by atoms with Crippen LogP contribution < -0.4 is 5.73 Å². The zero-order valence-electron chi connectivity index (χ0n) is 9.30. The summed E-state index contributed by atoms with van der Waals surface area (Å²) < 4.78 is 0. The molecule has 0 unspecified atom stereocenters. The van der Waals surface area contributed by atoms with Gasteiger partial charge in [0.1, 0.15) is 0 Å². The lowest BCUT2D eigenvalue weighted by Gasteiger charge is -1.99. The molecular weight excluding hydrogens is 210 g/mol. The highest BCUT2D eigenvalue weighted by molar-refractivity contribution is 6.03. The highest BCUT2D eigenvalue weighted by Gasteiger charge is 1.98. The Kier molecular flexibility index (Phi) is 3.31. The predicted octanol–water partition coefficient (Wildman–Crippen LogP) is 2.71. The van der Waals surface area contributed by atoms with Gasteiger partial charge in [0.05, 0.1) is 0 Å². The molecule has 3 heteroatoms. The second kappa shape index (κ2) is 5.07. The molecule has 2 rings (SSSR count). The van der Waals surface area contributed by atoms with Crippen molar-refractivity contribution in [3.63, 3.8) is 0 Å². The molecule has 0 heterocycles. The average molecular weight is 223 g/mol. The van der Waals surface area contributed by atoms with Gasteiger partial charge in [-0.1, -0.05) is 42.5 Å². The smallest absolute Gasteiger partial charge is 0.151 e. The standard InChI is InChI=1S/C14H13N3/c15-13-8-4-7-12(9-13)14(16)17-10-11-5-2-1-3-6-11/h1-10,16H,15H2. The third-order valence-corrected chi connectivity index (χ3v) is 2.30. The molecule has 84 valence electrons. The van der Waals surface area contributed by atoms with Gasteiger partial charge in [0.2, 0.25) is 0 Å². The van der Waals surface area contributed by atoms with E-state index in [2.05, 4.69) is 4.99 Å². The number of hydrogen-bond acceptors (Lipinski definition) is 2. The van der Waals surface area contributed by atoms with Crippen molar-refractivity contribution >= 4 is 17.7 Å². The van der Waals surface area contributed by atoms with Crippen molar-refractivity contribution < 1.29 is 0 Å². The number of nitrogens with zero attached hydrogens (tertiary/aromatic N) is 1. The summed E-state index contributed by atoms with van der Waals surface area (Å²) >= 11 is 0. The van der Waals surface area contributed by atoms with Gasteiger partial charge in [-0.3, -0.25) is 5.41 Å². The Bertz CT molecular complexity index is 544. The van der Waals surface area contributed by atoms with E-state index in [0.29, 0.717) is 5.69 Å². The fourth-order valence-corrected chi connectivity index (χ4v) is 1.44. The SMILES string of the molecule is N=C(N=Cc1ccccc1)c1cccc(N)c1. The van der Waals surface area contributed by atoms with Gasteiger partial charge < -0.3 is 5.73 Å². The van der Waals surface area contributed by atoms with Crippen molar-refractivity contribution in [2.24, 2.45) is 4.99 Å². The Labute approximate surface area is 100 Å². The third kappa shape index (κ3) is 3.01. The first kappa shape index (κ1) is 11.1. The monoisotopic (exact) mass is 223 g/mol. The molecule has 0 atom stereocenters. The van der Waals surface area contributed by atoms with E-state index in [1.165, 1.54) is 0 Å². The van der Waals surface area contributed by atoms with Crippen LogP contribution in [0.1, 0.15) is 11.1 Å². The first-order valence-electron chi connectivity index (χ1n) is 5.29. The lowest BCUT2D eigenvalue weighted by Crippen LogP contribution is -1.97. The van der Waals surface area contributed by atoms with E-state index < -0.39 is 0 Å². The summed E-state index contributed by atoms with van der Waals surface area (Å²) in [5, 5.41) is 7.82. The number of rotatable bonds is 2. The molecule has 0 aromatic heterocycles. The quantitative estimate of drug-likeness (QED) is 0.459. The maximum absolute atomic E-state index is 7.82. The number of anilines is 1. The first-order valence-corrected chi connectivity index (χ1v) is 5.29. The van der Waals surface area contributed by atoms with Crippen molar-refractivity contribution in [3.8, 4) is 0 Å². The molecule has 0 aliphatic rings. The molecule has 0 saturated heterocycles. The van der Waals surface area contributed by atoms with Crippen LogP contribution in [0.25, 0.3) is 0 Å². The summed E-state index contributed by atoms with van der Waals surface area (Å²) in [5.41, 5.74) is 7.99. The van der Waals surface area contributed by atoms with E-state index in [9.17, 15) is 0 Å². The molecule has 2 aromatic rings. The topological polar surface area (TPSA) is 62.2 Å². The average Bonchev–Trinajstić information content (AvgIpc) is 2.37. The number of hydrogen-bond donors (Lipinski definition) is 2. The molecule has 2 aromatic carbocycles. The summed E-state index contributed by atoms with van der Waals surface area (Å²) in [7, 11) is 0. The van der Waals surface area contributed by atoms with Gasteiger partial charge in [-0.05, 0) is 17.7 Å². The maximum Gasteiger partial charge on any atom is 0.151 e. The number of benzene rings is 2. The number of nitrogens with two attached hydrogens (primary N) is 1. The van der Waals surface area contributed by atoms with Crippen LogP contribution in [0.2, 0.25) is 0 Å². The Hall–Kier alpha value is -2.42. The molecule has 0 amide bonds. The van der Waals surface area contributed by atoms with Crippen molar-refractivity contribution in [2.75, 3.05) is 5.73 Å². The van der Waals surface area contributed by atoms with Crippen LogP contribution in [0.4, 0.5) is 5.69 Å². The van der Waals surface area contributed by atoms with Gasteiger partial charge >= 0.3 is 0 Å². The van der Waals surface area contributed by atoms with E-state index in [4.69, 9.17) is 11.1 Å². The molecular formula is C14H13N3. The van der Waals surface area contributed by atoms with Crippen LogP contribution in [-0.4, -0.2) is 12.1 Å².